The average Bonchev–Trinajstić information content (AvgIpc) is 2.47. The van der Waals surface area contributed by atoms with Gasteiger partial charge in [0.15, 0.2) is 0 Å². The number of carbonyl (C=O) groups excluding carboxylic acids is 1. The van der Waals surface area contributed by atoms with Gasteiger partial charge in [0.2, 0.25) is 0 Å². The number of hydrogen-bond donors (Lipinski definition) is 1. The Balaban J connectivity index is 2.44. The van der Waals surface area contributed by atoms with Crippen molar-refractivity contribution in [1.82, 2.24) is 5.32 Å². The van der Waals surface area contributed by atoms with Crippen molar-refractivity contribution >= 4 is 5.97 Å². The standard InChI is InChI=1S/C16H23NO3/c1-4-12(3)17-16(15(18)19-5-2)10-11-20-14-9-7-6-8-13(14)16/h6-9,12,17H,4-5,10-11H2,1-3H3. The van der Waals surface area contributed by atoms with Gasteiger partial charge in [-0.25, -0.2) is 4.79 Å². The molecule has 1 aliphatic heterocycles. The Morgan fingerprint density at radius 2 is 2.20 bits per heavy atom. The largest absolute Gasteiger partial charge is 0.493 e. The van der Waals surface area contributed by atoms with Gasteiger partial charge in [-0.1, -0.05) is 25.1 Å². The van der Waals surface area contributed by atoms with Crippen molar-refractivity contribution in [3.05, 3.63) is 29.8 Å². The lowest BCUT2D eigenvalue weighted by Crippen LogP contribution is -2.55. The molecule has 1 aromatic carbocycles. The Morgan fingerprint density at radius 3 is 2.90 bits per heavy atom. The molecule has 4 heteroatoms. The summed E-state index contributed by atoms with van der Waals surface area (Å²) >= 11 is 0. The number of rotatable bonds is 5. The molecule has 0 aliphatic carbocycles. The molecule has 0 bridgehead atoms. The van der Waals surface area contributed by atoms with Crippen molar-refractivity contribution in [3.8, 4) is 5.75 Å². The molecule has 0 amide bonds. The highest BCUT2D eigenvalue weighted by molar-refractivity contribution is 5.84. The molecule has 1 aliphatic rings. The summed E-state index contributed by atoms with van der Waals surface area (Å²) in [5.41, 5.74) is 0.0882. The predicted octanol–water partition coefficient (Wildman–Crippen LogP) is 2.62. The zero-order valence-corrected chi connectivity index (χ0v) is 12.4. The third-order valence-electron chi connectivity index (χ3n) is 3.81. The maximum absolute atomic E-state index is 12.6. The summed E-state index contributed by atoms with van der Waals surface area (Å²) in [5, 5.41) is 3.47. The Bertz CT molecular complexity index is 475. The van der Waals surface area contributed by atoms with E-state index in [1.54, 1.807) is 0 Å². The summed E-state index contributed by atoms with van der Waals surface area (Å²) in [7, 11) is 0. The van der Waals surface area contributed by atoms with Crippen LogP contribution in [-0.2, 0) is 15.1 Å². The maximum Gasteiger partial charge on any atom is 0.331 e. The molecule has 110 valence electrons. The molecule has 0 spiro atoms. The third kappa shape index (κ3) is 2.66. The summed E-state index contributed by atoms with van der Waals surface area (Å²) in [4.78, 5) is 12.6. The Morgan fingerprint density at radius 1 is 1.45 bits per heavy atom. The zero-order valence-electron chi connectivity index (χ0n) is 12.4. The summed E-state index contributed by atoms with van der Waals surface area (Å²) in [5.74, 6) is 0.554. The van der Waals surface area contributed by atoms with E-state index in [1.807, 2.05) is 31.2 Å². The van der Waals surface area contributed by atoms with Crippen molar-refractivity contribution < 1.29 is 14.3 Å². The van der Waals surface area contributed by atoms with Gasteiger partial charge < -0.3 is 9.47 Å². The topological polar surface area (TPSA) is 47.6 Å². The molecular formula is C16H23NO3. The predicted molar refractivity (Wildman–Crippen MR) is 77.8 cm³/mol. The van der Waals surface area contributed by atoms with Crippen molar-refractivity contribution in [2.75, 3.05) is 13.2 Å². The van der Waals surface area contributed by atoms with E-state index in [1.165, 1.54) is 0 Å². The molecule has 20 heavy (non-hydrogen) atoms. The van der Waals surface area contributed by atoms with Crippen LogP contribution in [0.5, 0.6) is 5.75 Å². The highest BCUT2D eigenvalue weighted by Crippen LogP contribution is 2.38. The van der Waals surface area contributed by atoms with Crippen LogP contribution >= 0.6 is 0 Å². The fourth-order valence-electron chi connectivity index (χ4n) is 2.59. The Kier molecular flexibility index (Phi) is 4.65. The van der Waals surface area contributed by atoms with E-state index in [0.717, 1.165) is 17.7 Å². The van der Waals surface area contributed by atoms with E-state index >= 15 is 0 Å². The Labute approximate surface area is 120 Å². The normalized spacial score (nSPS) is 22.6. The second-order valence-corrected chi connectivity index (χ2v) is 5.17. The summed E-state index contributed by atoms with van der Waals surface area (Å²) in [6.07, 6.45) is 1.54. The van der Waals surface area contributed by atoms with Gasteiger partial charge in [0, 0.05) is 18.0 Å². The minimum absolute atomic E-state index is 0.212. The molecule has 1 N–H and O–H groups in total. The van der Waals surface area contributed by atoms with Crippen molar-refractivity contribution in [2.24, 2.45) is 0 Å². The summed E-state index contributed by atoms with van der Waals surface area (Å²) in [6.45, 7) is 6.91. The van der Waals surface area contributed by atoms with Gasteiger partial charge in [0.25, 0.3) is 0 Å². The fourth-order valence-corrected chi connectivity index (χ4v) is 2.59. The molecule has 0 fully saturated rings. The molecule has 0 radical (unpaired) electrons. The van der Waals surface area contributed by atoms with Gasteiger partial charge in [0.05, 0.1) is 13.2 Å². The minimum atomic E-state index is -0.791. The van der Waals surface area contributed by atoms with E-state index in [9.17, 15) is 4.79 Å². The van der Waals surface area contributed by atoms with Gasteiger partial charge in [-0.15, -0.1) is 0 Å². The van der Waals surface area contributed by atoms with Crippen LogP contribution < -0.4 is 10.1 Å². The van der Waals surface area contributed by atoms with Crippen molar-refractivity contribution in [3.63, 3.8) is 0 Å². The van der Waals surface area contributed by atoms with E-state index in [0.29, 0.717) is 19.6 Å². The SMILES string of the molecule is CCOC(=O)C1(NC(C)CC)CCOc2ccccc21. The monoisotopic (exact) mass is 277 g/mol. The van der Waals surface area contributed by atoms with Crippen LogP contribution in [0.3, 0.4) is 0 Å². The molecule has 0 saturated carbocycles. The first-order chi connectivity index (χ1) is 9.64. The Hall–Kier alpha value is -1.55. The average molecular weight is 277 g/mol. The van der Waals surface area contributed by atoms with E-state index < -0.39 is 5.54 Å². The summed E-state index contributed by atoms with van der Waals surface area (Å²) in [6, 6.07) is 7.93. The number of benzene rings is 1. The second kappa shape index (κ2) is 6.27. The van der Waals surface area contributed by atoms with Crippen LogP contribution in [-0.4, -0.2) is 25.2 Å². The van der Waals surface area contributed by atoms with Gasteiger partial charge in [0.1, 0.15) is 11.3 Å². The first-order valence-electron chi connectivity index (χ1n) is 7.31. The molecule has 2 unspecified atom stereocenters. The number of ether oxygens (including phenoxy) is 2. The molecule has 0 aromatic heterocycles. The van der Waals surface area contributed by atoms with Gasteiger partial charge in [-0.2, -0.15) is 0 Å². The lowest BCUT2D eigenvalue weighted by Gasteiger charge is -2.39. The van der Waals surface area contributed by atoms with Crippen LogP contribution in [0.1, 0.15) is 39.2 Å². The maximum atomic E-state index is 12.6. The van der Waals surface area contributed by atoms with Crippen LogP contribution in [0.2, 0.25) is 0 Å². The zero-order chi connectivity index (χ0) is 14.6. The van der Waals surface area contributed by atoms with Gasteiger partial charge in [-0.3, -0.25) is 5.32 Å². The van der Waals surface area contributed by atoms with E-state index in [2.05, 4.69) is 19.2 Å². The number of nitrogens with one attached hydrogen (secondary N) is 1. The second-order valence-electron chi connectivity index (χ2n) is 5.17. The third-order valence-corrected chi connectivity index (χ3v) is 3.81. The quantitative estimate of drug-likeness (QED) is 0.840. The molecular weight excluding hydrogens is 254 g/mol. The molecule has 4 nitrogen and oxygen atoms in total. The first kappa shape index (κ1) is 14.9. The number of esters is 1. The number of carbonyl (C=O) groups is 1. The lowest BCUT2D eigenvalue weighted by atomic mass is 9.83. The number of fused-ring (bicyclic) bond motifs is 1. The molecule has 2 atom stereocenters. The van der Waals surface area contributed by atoms with Crippen LogP contribution in [0, 0.1) is 0 Å². The molecule has 1 aromatic rings. The smallest absolute Gasteiger partial charge is 0.331 e. The summed E-state index contributed by atoms with van der Waals surface area (Å²) < 4.78 is 11.0. The van der Waals surface area contributed by atoms with Gasteiger partial charge >= 0.3 is 5.97 Å². The number of para-hydroxylation sites is 1. The van der Waals surface area contributed by atoms with Crippen LogP contribution in [0.15, 0.2) is 24.3 Å². The van der Waals surface area contributed by atoms with E-state index in [-0.39, 0.29) is 12.0 Å². The van der Waals surface area contributed by atoms with Crippen LogP contribution in [0.4, 0.5) is 0 Å². The first-order valence-corrected chi connectivity index (χ1v) is 7.31. The van der Waals surface area contributed by atoms with E-state index in [4.69, 9.17) is 9.47 Å². The van der Waals surface area contributed by atoms with Crippen molar-refractivity contribution in [2.45, 2.75) is 45.2 Å². The minimum Gasteiger partial charge on any atom is -0.493 e. The lowest BCUT2D eigenvalue weighted by molar-refractivity contribution is -0.153. The fraction of sp³-hybridized carbons (Fsp3) is 0.562. The highest BCUT2D eigenvalue weighted by Gasteiger charge is 2.46. The molecule has 1 heterocycles. The van der Waals surface area contributed by atoms with Crippen LogP contribution in [0.25, 0.3) is 0 Å². The van der Waals surface area contributed by atoms with Gasteiger partial charge in [-0.05, 0) is 26.3 Å². The van der Waals surface area contributed by atoms with Crippen molar-refractivity contribution in [1.29, 1.82) is 0 Å². The highest BCUT2D eigenvalue weighted by atomic mass is 16.5. The molecule has 2 rings (SSSR count). The number of hydrogen-bond acceptors (Lipinski definition) is 4. The molecule has 0 saturated heterocycles.